The van der Waals surface area contributed by atoms with Crippen LogP contribution in [0.1, 0.15) is 12.8 Å². The molecule has 0 bridgehead atoms. The molecule has 0 unspecified atom stereocenters. The Kier molecular flexibility index (Phi) is 5.95. The number of ether oxygens (including phenoxy) is 1. The fourth-order valence-electron chi connectivity index (χ4n) is 2.68. The lowest BCUT2D eigenvalue weighted by molar-refractivity contribution is -0.125. The molecule has 1 N–H and O–H groups in total. The zero-order valence-corrected chi connectivity index (χ0v) is 14.3. The van der Waals surface area contributed by atoms with E-state index in [4.69, 9.17) is 4.74 Å². The summed E-state index contributed by atoms with van der Waals surface area (Å²) in [4.78, 5) is 11.9. The molecule has 0 saturated carbocycles. The van der Waals surface area contributed by atoms with Gasteiger partial charge in [-0.05, 0) is 31.0 Å². The third-order valence-corrected chi connectivity index (χ3v) is 5.81. The van der Waals surface area contributed by atoms with Crippen molar-refractivity contribution in [3.8, 4) is 5.75 Å². The van der Waals surface area contributed by atoms with Gasteiger partial charge in [0.1, 0.15) is 16.5 Å². The van der Waals surface area contributed by atoms with Crippen molar-refractivity contribution in [2.75, 3.05) is 26.7 Å². The second kappa shape index (κ2) is 7.76. The van der Waals surface area contributed by atoms with Gasteiger partial charge in [0.2, 0.25) is 15.9 Å². The SMILES string of the molecule is C=CCNC(=O)[C@@H]1CCCN(S(=O)(=O)c2cc(F)ccc2OC)C1. The fourth-order valence-corrected chi connectivity index (χ4v) is 4.37. The molecular weight excluding hydrogens is 335 g/mol. The number of sulfonamides is 1. The Balaban J connectivity index is 2.24. The Morgan fingerprint density at radius 3 is 2.96 bits per heavy atom. The maximum absolute atomic E-state index is 13.5. The van der Waals surface area contributed by atoms with E-state index in [1.165, 1.54) is 17.5 Å². The molecule has 2 rings (SSSR count). The van der Waals surface area contributed by atoms with Crippen LogP contribution in [0.25, 0.3) is 0 Å². The molecule has 8 heteroatoms. The lowest BCUT2D eigenvalue weighted by Crippen LogP contribution is -2.45. The lowest BCUT2D eigenvalue weighted by atomic mass is 9.99. The zero-order chi connectivity index (χ0) is 17.7. The van der Waals surface area contributed by atoms with Gasteiger partial charge in [-0.2, -0.15) is 4.31 Å². The van der Waals surface area contributed by atoms with Crippen molar-refractivity contribution in [2.24, 2.45) is 5.92 Å². The third-order valence-electron chi connectivity index (χ3n) is 3.92. The second-order valence-corrected chi connectivity index (χ2v) is 7.44. The van der Waals surface area contributed by atoms with Gasteiger partial charge < -0.3 is 10.1 Å². The van der Waals surface area contributed by atoms with Crippen molar-refractivity contribution in [1.29, 1.82) is 0 Å². The van der Waals surface area contributed by atoms with Crippen LogP contribution in [-0.4, -0.2) is 45.4 Å². The summed E-state index contributed by atoms with van der Waals surface area (Å²) < 4.78 is 45.4. The van der Waals surface area contributed by atoms with E-state index in [2.05, 4.69) is 11.9 Å². The third kappa shape index (κ3) is 3.93. The van der Waals surface area contributed by atoms with Gasteiger partial charge in [0.25, 0.3) is 0 Å². The number of hydrogen-bond acceptors (Lipinski definition) is 4. The van der Waals surface area contributed by atoms with Crippen LogP contribution in [0.2, 0.25) is 0 Å². The first-order valence-electron chi connectivity index (χ1n) is 7.62. The number of hydrogen-bond donors (Lipinski definition) is 1. The number of nitrogens with one attached hydrogen (secondary N) is 1. The molecule has 1 aromatic rings. The summed E-state index contributed by atoms with van der Waals surface area (Å²) in [5, 5.41) is 2.68. The molecule has 1 heterocycles. The van der Waals surface area contributed by atoms with E-state index in [9.17, 15) is 17.6 Å². The van der Waals surface area contributed by atoms with Crippen LogP contribution >= 0.6 is 0 Å². The van der Waals surface area contributed by atoms with Crippen LogP contribution in [0.15, 0.2) is 35.7 Å². The minimum absolute atomic E-state index is 0.0605. The highest BCUT2D eigenvalue weighted by Gasteiger charge is 2.34. The van der Waals surface area contributed by atoms with Crippen molar-refractivity contribution in [2.45, 2.75) is 17.7 Å². The highest BCUT2D eigenvalue weighted by Crippen LogP contribution is 2.30. The summed E-state index contributed by atoms with van der Waals surface area (Å²) in [6, 6.07) is 3.36. The van der Waals surface area contributed by atoms with Gasteiger partial charge in [-0.1, -0.05) is 6.08 Å². The van der Waals surface area contributed by atoms with Gasteiger partial charge in [-0.25, -0.2) is 12.8 Å². The lowest BCUT2D eigenvalue weighted by Gasteiger charge is -2.31. The first-order valence-corrected chi connectivity index (χ1v) is 9.06. The number of benzene rings is 1. The van der Waals surface area contributed by atoms with Crippen LogP contribution in [0.5, 0.6) is 5.75 Å². The number of carbonyl (C=O) groups is 1. The summed E-state index contributed by atoms with van der Waals surface area (Å²) in [6.07, 6.45) is 2.73. The van der Waals surface area contributed by atoms with Gasteiger partial charge in [0.15, 0.2) is 0 Å². The largest absolute Gasteiger partial charge is 0.495 e. The first kappa shape index (κ1) is 18.4. The van der Waals surface area contributed by atoms with E-state index in [-0.39, 0.29) is 29.6 Å². The Labute approximate surface area is 141 Å². The number of carbonyl (C=O) groups excluding carboxylic acids is 1. The molecule has 1 atom stereocenters. The zero-order valence-electron chi connectivity index (χ0n) is 13.5. The molecule has 1 saturated heterocycles. The number of halogens is 1. The Hall–Kier alpha value is -1.93. The van der Waals surface area contributed by atoms with Gasteiger partial charge >= 0.3 is 0 Å². The molecule has 1 fully saturated rings. The van der Waals surface area contributed by atoms with E-state index < -0.39 is 21.8 Å². The summed E-state index contributed by atoms with van der Waals surface area (Å²) in [5.74, 6) is -1.23. The predicted octanol–water partition coefficient (Wildman–Crippen LogP) is 1.54. The fraction of sp³-hybridized carbons (Fsp3) is 0.438. The normalized spacial score (nSPS) is 18.8. The smallest absolute Gasteiger partial charge is 0.246 e. The number of rotatable bonds is 6. The maximum Gasteiger partial charge on any atom is 0.246 e. The van der Waals surface area contributed by atoms with E-state index in [1.54, 1.807) is 6.08 Å². The molecule has 1 amide bonds. The molecule has 24 heavy (non-hydrogen) atoms. The second-order valence-electron chi connectivity index (χ2n) is 5.53. The van der Waals surface area contributed by atoms with Crippen molar-refractivity contribution < 1.29 is 22.3 Å². The van der Waals surface area contributed by atoms with Gasteiger partial charge in [0.05, 0.1) is 13.0 Å². The van der Waals surface area contributed by atoms with E-state index >= 15 is 0 Å². The van der Waals surface area contributed by atoms with Crippen molar-refractivity contribution in [1.82, 2.24) is 9.62 Å². The van der Waals surface area contributed by atoms with Crippen molar-refractivity contribution >= 4 is 15.9 Å². The molecule has 132 valence electrons. The standard InChI is InChI=1S/C16H21FN2O4S/c1-3-8-18-16(20)12-5-4-9-19(11-12)24(21,22)15-10-13(17)6-7-14(15)23-2/h3,6-7,10,12H,1,4-5,8-9,11H2,2H3,(H,18,20)/t12-/m1/s1. The van der Waals surface area contributed by atoms with Crippen molar-refractivity contribution in [3.63, 3.8) is 0 Å². The topological polar surface area (TPSA) is 75.7 Å². The molecule has 1 aliphatic heterocycles. The van der Waals surface area contributed by atoms with Gasteiger partial charge in [0, 0.05) is 19.6 Å². The monoisotopic (exact) mass is 356 g/mol. The van der Waals surface area contributed by atoms with Crippen LogP contribution in [0.4, 0.5) is 4.39 Å². The van der Waals surface area contributed by atoms with Gasteiger partial charge in [-0.3, -0.25) is 4.79 Å². The van der Waals surface area contributed by atoms with Crippen LogP contribution in [0.3, 0.4) is 0 Å². The summed E-state index contributed by atoms with van der Waals surface area (Å²) in [7, 11) is -2.62. The Morgan fingerprint density at radius 1 is 1.54 bits per heavy atom. The minimum Gasteiger partial charge on any atom is -0.495 e. The molecule has 0 aromatic heterocycles. The quantitative estimate of drug-likeness (QED) is 0.785. The van der Waals surface area contributed by atoms with Crippen molar-refractivity contribution in [3.05, 3.63) is 36.7 Å². The summed E-state index contributed by atoms with van der Waals surface area (Å²) in [6.45, 7) is 4.21. The molecule has 1 aromatic carbocycles. The molecule has 6 nitrogen and oxygen atoms in total. The molecule has 1 aliphatic rings. The average molecular weight is 356 g/mol. The molecular formula is C16H21FN2O4S. The Bertz CT molecular complexity index is 721. The average Bonchev–Trinajstić information content (AvgIpc) is 2.59. The summed E-state index contributed by atoms with van der Waals surface area (Å²) in [5.41, 5.74) is 0. The molecule has 0 aliphatic carbocycles. The molecule has 0 radical (unpaired) electrons. The summed E-state index contributed by atoms with van der Waals surface area (Å²) >= 11 is 0. The number of nitrogens with zero attached hydrogens (tertiary/aromatic N) is 1. The molecule has 0 spiro atoms. The Morgan fingerprint density at radius 2 is 2.29 bits per heavy atom. The maximum atomic E-state index is 13.5. The number of piperidine rings is 1. The van der Waals surface area contributed by atoms with Gasteiger partial charge in [-0.15, -0.1) is 6.58 Å². The minimum atomic E-state index is -3.95. The number of amides is 1. The highest BCUT2D eigenvalue weighted by molar-refractivity contribution is 7.89. The first-order chi connectivity index (χ1) is 11.4. The predicted molar refractivity (Wildman–Crippen MR) is 87.6 cm³/mol. The highest BCUT2D eigenvalue weighted by atomic mass is 32.2. The van der Waals surface area contributed by atoms with E-state index in [0.29, 0.717) is 19.4 Å². The number of methoxy groups -OCH3 is 1. The van der Waals surface area contributed by atoms with Crippen LogP contribution < -0.4 is 10.1 Å². The van der Waals surface area contributed by atoms with Crippen LogP contribution in [-0.2, 0) is 14.8 Å². The van der Waals surface area contributed by atoms with E-state index in [0.717, 1.165) is 12.1 Å². The van der Waals surface area contributed by atoms with E-state index in [1.807, 2.05) is 0 Å². The van der Waals surface area contributed by atoms with Crippen LogP contribution in [0, 0.1) is 11.7 Å².